The molecule has 0 aromatic heterocycles. The molecule has 118 valence electrons. The van der Waals surface area contributed by atoms with Crippen molar-refractivity contribution in [3.63, 3.8) is 0 Å². The van der Waals surface area contributed by atoms with Gasteiger partial charge in [0.05, 0.1) is 11.2 Å². The zero-order valence-corrected chi connectivity index (χ0v) is 13.8. The Labute approximate surface area is 128 Å². The summed E-state index contributed by atoms with van der Waals surface area (Å²) >= 11 is 0. The van der Waals surface area contributed by atoms with E-state index in [1.807, 2.05) is 33.8 Å². The summed E-state index contributed by atoms with van der Waals surface area (Å²) in [6.45, 7) is 9.98. The van der Waals surface area contributed by atoms with Crippen LogP contribution in [-0.2, 0) is 14.1 Å². The van der Waals surface area contributed by atoms with Gasteiger partial charge in [-0.2, -0.15) is 0 Å². The lowest BCUT2D eigenvalue weighted by molar-refractivity contribution is -0.104. The molecule has 4 nitrogen and oxygen atoms in total. The van der Waals surface area contributed by atoms with Crippen LogP contribution in [0.3, 0.4) is 0 Å². The first-order valence-corrected chi connectivity index (χ1v) is 8.07. The third-order valence-electron chi connectivity index (χ3n) is 5.02. The van der Waals surface area contributed by atoms with E-state index in [1.165, 1.54) is 19.3 Å². The summed E-state index contributed by atoms with van der Waals surface area (Å²) in [5.74, 6) is 0.864. The van der Waals surface area contributed by atoms with Crippen LogP contribution in [0, 0.1) is 5.92 Å². The monoisotopic (exact) mass is 293 g/mol. The Kier molecular flexibility index (Phi) is 5.28. The SMILES string of the molecule is CC1(C)OB(/C(C=O)=C/CCNCC2CCC2)OC1(C)C. The van der Waals surface area contributed by atoms with Crippen LogP contribution in [0.15, 0.2) is 11.5 Å². The van der Waals surface area contributed by atoms with Crippen molar-refractivity contribution in [3.8, 4) is 0 Å². The molecule has 1 heterocycles. The van der Waals surface area contributed by atoms with Gasteiger partial charge in [0.2, 0.25) is 0 Å². The van der Waals surface area contributed by atoms with Gasteiger partial charge in [-0.1, -0.05) is 12.5 Å². The first kappa shape index (κ1) is 16.7. The molecule has 2 fully saturated rings. The van der Waals surface area contributed by atoms with Crippen molar-refractivity contribution in [1.82, 2.24) is 5.32 Å². The second-order valence-electron chi connectivity index (χ2n) is 7.20. The first-order chi connectivity index (χ1) is 9.86. The van der Waals surface area contributed by atoms with E-state index >= 15 is 0 Å². The summed E-state index contributed by atoms with van der Waals surface area (Å²) in [6, 6.07) is 0. The van der Waals surface area contributed by atoms with E-state index in [0.29, 0.717) is 5.47 Å². The van der Waals surface area contributed by atoms with Crippen LogP contribution in [0.5, 0.6) is 0 Å². The molecular formula is C16H28BNO3. The Balaban J connectivity index is 1.79. The second-order valence-corrected chi connectivity index (χ2v) is 7.20. The summed E-state index contributed by atoms with van der Waals surface area (Å²) in [7, 11) is -0.542. The van der Waals surface area contributed by atoms with E-state index < -0.39 is 18.3 Å². The van der Waals surface area contributed by atoms with Crippen molar-refractivity contribution in [2.24, 2.45) is 5.92 Å². The molecule has 0 aromatic rings. The molecule has 0 atom stereocenters. The van der Waals surface area contributed by atoms with Gasteiger partial charge in [0.1, 0.15) is 6.29 Å². The Morgan fingerprint density at radius 2 is 1.86 bits per heavy atom. The van der Waals surface area contributed by atoms with Crippen LogP contribution in [-0.4, -0.2) is 37.7 Å². The number of carbonyl (C=O) groups excluding carboxylic acids is 1. The fourth-order valence-electron chi connectivity index (χ4n) is 2.52. The molecule has 1 aliphatic carbocycles. The van der Waals surface area contributed by atoms with Gasteiger partial charge in [0.25, 0.3) is 0 Å². The molecule has 0 aromatic carbocycles. The van der Waals surface area contributed by atoms with Gasteiger partial charge in [-0.15, -0.1) is 0 Å². The second kappa shape index (κ2) is 6.63. The fourth-order valence-corrected chi connectivity index (χ4v) is 2.52. The largest absolute Gasteiger partial charge is 0.497 e. The maximum atomic E-state index is 11.3. The highest BCUT2D eigenvalue weighted by molar-refractivity contribution is 6.60. The number of aldehydes is 1. The molecule has 1 aliphatic heterocycles. The molecule has 0 amide bonds. The molecule has 0 unspecified atom stereocenters. The van der Waals surface area contributed by atoms with E-state index in [2.05, 4.69) is 5.32 Å². The van der Waals surface area contributed by atoms with Crippen molar-refractivity contribution < 1.29 is 14.1 Å². The van der Waals surface area contributed by atoms with Crippen molar-refractivity contribution in [2.45, 2.75) is 64.6 Å². The fraction of sp³-hybridized carbons (Fsp3) is 0.812. The molecule has 5 heteroatoms. The summed E-state index contributed by atoms with van der Waals surface area (Å²) in [5, 5.41) is 3.45. The summed E-state index contributed by atoms with van der Waals surface area (Å²) in [6.07, 6.45) is 7.71. The third kappa shape index (κ3) is 3.96. The minimum atomic E-state index is -0.542. The molecule has 21 heavy (non-hydrogen) atoms. The van der Waals surface area contributed by atoms with Crippen LogP contribution in [0.1, 0.15) is 53.4 Å². The number of rotatable bonds is 7. The van der Waals surface area contributed by atoms with Crippen LogP contribution < -0.4 is 5.32 Å². The van der Waals surface area contributed by atoms with E-state index in [1.54, 1.807) is 0 Å². The molecule has 0 radical (unpaired) electrons. The van der Waals surface area contributed by atoms with E-state index in [9.17, 15) is 4.79 Å². The van der Waals surface area contributed by atoms with Gasteiger partial charge in [-0.05, 0) is 66.0 Å². The average Bonchev–Trinajstić information content (AvgIpc) is 2.55. The Morgan fingerprint density at radius 3 is 2.33 bits per heavy atom. The molecule has 1 saturated heterocycles. The normalized spacial score (nSPS) is 25.0. The van der Waals surface area contributed by atoms with E-state index in [0.717, 1.165) is 31.7 Å². The summed E-state index contributed by atoms with van der Waals surface area (Å²) < 4.78 is 11.8. The maximum absolute atomic E-state index is 11.3. The highest BCUT2D eigenvalue weighted by atomic mass is 16.7. The molecule has 2 aliphatic rings. The molecule has 0 spiro atoms. The Morgan fingerprint density at radius 1 is 1.24 bits per heavy atom. The van der Waals surface area contributed by atoms with Crippen molar-refractivity contribution >= 4 is 13.4 Å². The average molecular weight is 293 g/mol. The number of nitrogens with one attached hydrogen (secondary N) is 1. The van der Waals surface area contributed by atoms with Gasteiger partial charge in [-0.3, -0.25) is 4.79 Å². The summed E-state index contributed by atoms with van der Waals surface area (Å²) in [4.78, 5) is 11.3. The molecular weight excluding hydrogens is 265 g/mol. The summed E-state index contributed by atoms with van der Waals surface area (Å²) in [5.41, 5.74) is -0.205. The van der Waals surface area contributed by atoms with Crippen molar-refractivity contribution in [3.05, 3.63) is 11.5 Å². The Bertz CT molecular complexity index is 386. The highest BCUT2D eigenvalue weighted by Gasteiger charge is 2.52. The quantitative estimate of drug-likeness (QED) is 0.339. The number of carbonyl (C=O) groups is 1. The number of allylic oxidation sites excluding steroid dienone is 1. The predicted octanol–water partition coefficient (Wildman–Crippen LogP) is 2.52. The minimum Gasteiger partial charge on any atom is -0.399 e. The lowest BCUT2D eigenvalue weighted by Gasteiger charge is -2.32. The highest BCUT2D eigenvalue weighted by Crippen LogP contribution is 2.38. The lowest BCUT2D eigenvalue weighted by Crippen LogP contribution is -2.41. The molecule has 2 rings (SSSR count). The predicted molar refractivity (Wildman–Crippen MR) is 85.1 cm³/mol. The topological polar surface area (TPSA) is 47.6 Å². The number of hydrogen-bond acceptors (Lipinski definition) is 4. The van der Waals surface area contributed by atoms with E-state index in [-0.39, 0.29) is 0 Å². The van der Waals surface area contributed by atoms with Crippen LogP contribution >= 0.6 is 0 Å². The number of hydrogen-bond donors (Lipinski definition) is 1. The molecule has 0 bridgehead atoms. The van der Waals surface area contributed by atoms with E-state index in [4.69, 9.17) is 9.31 Å². The first-order valence-electron chi connectivity index (χ1n) is 8.07. The van der Waals surface area contributed by atoms with Gasteiger partial charge in [0.15, 0.2) is 0 Å². The maximum Gasteiger partial charge on any atom is 0.497 e. The zero-order chi connectivity index (χ0) is 15.5. The van der Waals surface area contributed by atoms with Gasteiger partial charge in [-0.25, -0.2) is 0 Å². The van der Waals surface area contributed by atoms with Crippen LogP contribution in [0.2, 0.25) is 0 Å². The van der Waals surface area contributed by atoms with Gasteiger partial charge in [0, 0.05) is 5.47 Å². The third-order valence-corrected chi connectivity index (χ3v) is 5.02. The van der Waals surface area contributed by atoms with Gasteiger partial charge >= 0.3 is 7.12 Å². The molecule has 1 N–H and O–H groups in total. The Hall–Kier alpha value is -0.645. The van der Waals surface area contributed by atoms with Crippen molar-refractivity contribution in [2.75, 3.05) is 13.1 Å². The van der Waals surface area contributed by atoms with Crippen LogP contribution in [0.25, 0.3) is 0 Å². The minimum absolute atomic E-state index is 0.401. The van der Waals surface area contributed by atoms with Crippen molar-refractivity contribution in [1.29, 1.82) is 0 Å². The lowest BCUT2D eigenvalue weighted by atomic mass is 9.78. The standard InChI is InChI=1S/C16H28BNO3/c1-15(2)16(3,4)21-17(20-15)14(12-19)9-6-10-18-11-13-7-5-8-13/h9,12-13,18H,5-8,10-11H2,1-4H3/b14-9+. The smallest absolute Gasteiger partial charge is 0.399 e. The zero-order valence-electron chi connectivity index (χ0n) is 13.8. The molecule has 1 saturated carbocycles. The van der Waals surface area contributed by atoms with Crippen LogP contribution in [0.4, 0.5) is 0 Å². The van der Waals surface area contributed by atoms with Gasteiger partial charge < -0.3 is 14.6 Å².